The number of fused-ring (bicyclic) bond motifs is 1. The zero-order valence-electron chi connectivity index (χ0n) is 14.6. The molecule has 0 aliphatic heterocycles. The van der Waals surface area contributed by atoms with Gasteiger partial charge in [0.05, 0.1) is 0 Å². The predicted octanol–water partition coefficient (Wildman–Crippen LogP) is 6.07. The molecule has 2 nitrogen and oxygen atoms in total. The lowest BCUT2D eigenvalue weighted by Crippen LogP contribution is -2.10. The van der Waals surface area contributed by atoms with Crippen molar-refractivity contribution in [3.05, 3.63) is 46.4 Å². The fourth-order valence-electron chi connectivity index (χ4n) is 3.33. The number of benzene rings is 2. The van der Waals surface area contributed by atoms with Crippen LogP contribution >= 0.6 is 15.9 Å². The van der Waals surface area contributed by atoms with Gasteiger partial charge in [-0.05, 0) is 41.8 Å². The normalized spacial score (nSPS) is 12.6. The predicted molar refractivity (Wildman–Crippen MR) is 109 cm³/mol. The average molecular weight is 391 g/mol. The standard InChI is InChI=1S/C21H31BrN2/c22-20-15-14-19(17-11-8-9-12-18(17)20)21(24)13-7-5-3-1-2-4-6-10-16-23/h8-9,11-12,14-15,21H,1-7,10,13,16,23-24H2/t21-/m1/s1. The Labute approximate surface area is 155 Å². The first-order chi connectivity index (χ1) is 11.7. The van der Waals surface area contributed by atoms with E-state index in [1.165, 1.54) is 67.7 Å². The Bertz CT molecular complexity index is 612. The summed E-state index contributed by atoms with van der Waals surface area (Å²) in [5, 5.41) is 2.53. The summed E-state index contributed by atoms with van der Waals surface area (Å²) in [5.74, 6) is 0. The lowest BCUT2D eigenvalue weighted by atomic mass is 9.95. The van der Waals surface area contributed by atoms with Crippen molar-refractivity contribution in [3.8, 4) is 0 Å². The zero-order chi connectivity index (χ0) is 17.2. The number of hydrogen-bond donors (Lipinski definition) is 2. The molecule has 0 amide bonds. The Morgan fingerprint density at radius 3 is 2.00 bits per heavy atom. The van der Waals surface area contributed by atoms with Crippen LogP contribution in [-0.2, 0) is 0 Å². The van der Waals surface area contributed by atoms with E-state index in [9.17, 15) is 0 Å². The van der Waals surface area contributed by atoms with Crippen molar-refractivity contribution >= 4 is 26.7 Å². The van der Waals surface area contributed by atoms with Crippen LogP contribution in [0.2, 0.25) is 0 Å². The van der Waals surface area contributed by atoms with E-state index in [0.717, 1.165) is 17.4 Å². The van der Waals surface area contributed by atoms with Crippen LogP contribution in [0.4, 0.5) is 0 Å². The minimum Gasteiger partial charge on any atom is -0.330 e. The molecule has 0 saturated heterocycles. The van der Waals surface area contributed by atoms with Gasteiger partial charge in [0.15, 0.2) is 0 Å². The highest BCUT2D eigenvalue weighted by Crippen LogP contribution is 2.31. The van der Waals surface area contributed by atoms with Crippen LogP contribution in [0.1, 0.15) is 69.4 Å². The molecule has 2 aromatic carbocycles. The van der Waals surface area contributed by atoms with Crippen LogP contribution in [0.15, 0.2) is 40.9 Å². The van der Waals surface area contributed by atoms with Gasteiger partial charge >= 0.3 is 0 Å². The molecule has 0 radical (unpaired) electrons. The van der Waals surface area contributed by atoms with Crippen molar-refractivity contribution in [2.24, 2.45) is 11.5 Å². The highest BCUT2D eigenvalue weighted by atomic mass is 79.9. The second-order valence-electron chi connectivity index (χ2n) is 6.69. The van der Waals surface area contributed by atoms with Crippen molar-refractivity contribution in [1.82, 2.24) is 0 Å². The summed E-state index contributed by atoms with van der Waals surface area (Å²) in [5.41, 5.74) is 13.3. The highest BCUT2D eigenvalue weighted by Gasteiger charge is 2.11. The third-order valence-electron chi connectivity index (χ3n) is 4.77. The van der Waals surface area contributed by atoms with Gasteiger partial charge in [-0.2, -0.15) is 0 Å². The fraction of sp³-hybridized carbons (Fsp3) is 0.524. The molecular weight excluding hydrogens is 360 g/mol. The summed E-state index contributed by atoms with van der Waals surface area (Å²) < 4.78 is 1.14. The first-order valence-electron chi connectivity index (χ1n) is 9.37. The van der Waals surface area contributed by atoms with E-state index < -0.39 is 0 Å². The highest BCUT2D eigenvalue weighted by molar-refractivity contribution is 9.10. The van der Waals surface area contributed by atoms with Crippen LogP contribution in [0, 0.1) is 0 Å². The maximum Gasteiger partial charge on any atom is 0.0301 e. The minimum atomic E-state index is 0.132. The Hall–Kier alpha value is -0.900. The Kier molecular flexibility index (Phi) is 8.79. The molecule has 0 fully saturated rings. The molecule has 1 atom stereocenters. The molecule has 0 aromatic heterocycles. The minimum absolute atomic E-state index is 0.132. The van der Waals surface area contributed by atoms with E-state index in [4.69, 9.17) is 11.5 Å². The van der Waals surface area contributed by atoms with Gasteiger partial charge in [-0.25, -0.2) is 0 Å². The van der Waals surface area contributed by atoms with Gasteiger partial charge in [-0.3, -0.25) is 0 Å². The Morgan fingerprint density at radius 1 is 0.750 bits per heavy atom. The van der Waals surface area contributed by atoms with Gasteiger partial charge in [-0.15, -0.1) is 0 Å². The van der Waals surface area contributed by atoms with Gasteiger partial charge in [0, 0.05) is 10.5 Å². The van der Waals surface area contributed by atoms with Crippen molar-refractivity contribution in [1.29, 1.82) is 0 Å². The van der Waals surface area contributed by atoms with E-state index in [0.29, 0.717) is 0 Å². The summed E-state index contributed by atoms with van der Waals surface area (Å²) in [6, 6.07) is 12.9. The quantitative estimate of drug-likeness (QED) is 0.457. The number of unbranched alkanes of at least 4 members (excludes halogenated alkanes) is 7. The lowest BCUT2D eigenvalue weighted by Gasteiger charge is -2.15. The maximum atomic E-state index is 6.48. The van der Waals surface area contributed by atoms with E-state index in [-0.39, 0.29) is 6.04 Å². The van der Waals surface area contributed by atoms with Crippen LogP contribution in [0.3, 0.4) is 0 Å². The second-order valence-corrected chi connectivity index (χ2v) is 7.55. The molecule has 0 aliphatic rings. The molecule has 132 valence electrons. The van der Waals surface area contributed by atoms with Crippen molar-refractivity contribution in [2.75, 3.05) is 6.54 Å². The SMILES string of the molecule is NCCCCCCCCCC[C@@H](N)c1ccc(Br)c2ccccc12. The summed E-state index contributed by atoms with van der Waals surface area (Å²) in [7, 11) is 0. The van der Waals surface area contributed by atoms with E-state index in [2.05, 4.69) is 52.3 Å². The molecule has 0 aliphatic carbocycles. The third-order valence-corrected chi connectivity index (χ3v) is 5.46. The number of nitrogens with two attached hydrogens (primary N) is 2. The molecule has 2 aromatic rings. The molecule has 0 spiro atoms. The van der Waals surface area contributed by atoms with Crippen LogP contribution in [0.5, 0.6) is 0 Å². The molecular formula is C21H31BrN2. The Morgan fingerprint density at radius 2 is 1.33 bits per heavy atom. The third kappa shape index (κ3) is 5.87. The summed E-state index contributed by atoms with van der Waals surface area (Å²) in [6.45, 7) is 0.836. The summed E-state index contributed by atoms with van der Waals surface area (Å²) >= 11 is 3.64. The number of rotatable bonds is 11. The molecule has 0 unspecified atom stereocenters. The molecule has 0 bridgehead atoms. The van der Waals surface area contributed by atoms with Crippen LogP contribution in [0.25, 0.3) is 10.8 Å². The van der Waals surface area contributed by atoms with Crippen molar-refractivity contribution < 1.29 is 0 Å². The molecule has 24 heavy (non-hydrogen) atoms. The van der Waals surface area contributed by atoms with E-state index in [1.54, 1.807) is 0 Å². The van der Waals surface area contributed by atoms with Crippen molar-refractivity contribution in [3.63, 3.8) is 0 Å². The van der Waals surface area contributed by atoms with Gasteiger partial charge in [0.25, 0.3) is 0 Å². The van der Waals surface area contributed by atoms with Crippen LogP contribution in [-0.4, -0.2) is 6.54 Å². The second kappa shape index (κ2) is 10.9. The van der Waals surface area contributed by atoms with Crippen LogP contribution < -0.4 is 11.5 Å². The largest absolute Gasteiger partial charge is 0.330 e. The van der Waals surface area contributed by atoms with E-state index in [1.807, 2.05) is 0 Å². The van der Waals surface area contributed by atoms with E-state index >= 15 is 0 Å². The lowest BCUT2D eigenvalue weighted by molar-refractivity contribution is 0.535. The number of hydrogen-bond acceptors (Lipinski definition) is 2. The maximum absolute atomic E-state index is 6.48. The molecule has 2 rings (SSSR count). The van der Waals surface area contributed by atoms with Gasteiger partial charge in [-0.1, -0.05) is 91.2 Å². The molecule has 0 heterocycles. The summed E-state index contributed by atoms with van der Waals surface area (Å²) in [4.78, 5) is 0. The Balaban J connectivity index is 1.74. The average Bonchev–Trinajstić information content (AvgIpc) is 2.60. The zero-order valence-corrected chi connectivity index (χ0v) is 16.2. The summed E-state index contributed by atoms with van der Waals surface area (Å²) in [6.07, 6.45) is 11.4. The fourth-order valence-corrected chi connectivity index (χ4v) is 3.81. The molecule has 3 heteroatoms. The molecule has 0 saturated carbocycles. The monoisotopic (exact) mass is 390 g/mol. The van der Waals surface area contributed by atoms with Gasteiger partial charge < -0.3 is 11.5 Å². The smallest absolute Gasteiger partial charge is 0.0301 e. The molecule has 4 N–H and O–H groups in total. The number of halogens is 1. The van der Waals surface area contributed by atoms with Crippen molar-refractivity contribution in [2.45, 2.75) is 63.8 Å². The van der Waals surface area contributed by atoms with Gasteiger partial charge in [0.1, 0.15) is 0 Å². The first kappa shape index (κ1) is 19.4. The topological polar surface area (TPSA) is 52.0 Å². The first-order valence-corrected chi connectivity index (χ1v) is 10.2. The van der Waals surface area contributed by atoms with Gasteiger partial charge in [0.2, 0.25) is 0 Å².